The number of halogens is 1. The van der Waals surface area contributed by atoms with E-state index in [9.17, 15) is 22.9 Å². The van der Waals surface area contributed by atoms with Crippen LogP contribution in [0.5, 0.6) is 0 Å². The Morgan fingerprint density at radius 1 is 0.853 bits per heavy atom. The lowest BCUT2D eigenvalue weighted by Crippen LogP contribution is -2.46. The van der Waals surface area contributed by atoms with Crippen LogP contribution in [0.15, 0.2) is 131 Å². The van der Waals surface area contributed by atoms with Gasteiger partial charge in [0.15, 0.2) is 9.84 Å². The first kappa shape index (κ1) is 54.6. The van der Waals surface area contributed by atoms with Gasteiger partial charge in [0.25, 0.3) is 0 Å². The summed E-state index contributed by atoms with van der Waals surface area (Å²) in [5.41, 5.74) is 7.48. The minimum Gasteiger partial charge on any atom is -0.478 e. The molecule has 2 atom stereocenters. The Balaban J connectivity index is 0.886. The molecule has 2 N–H and O–H groups in total. The van der Waals surface area contributed by atoms with Crippen molar-refractivity contribution >= 4 is 83.4 Å². The molecule has 3 aliphatic heterocycles. The molecule has 0 bridgehead atoms. The normalized spacial score (nSPS) is 18.3. The Labute approximate surface area is 452 Å². The highest BCUT2D eigenvalue weighted by Gasteiger charge is 2.41. The van der Waals surface area contributed by atoms with Gasteiger partial charge in [-0.05, 0) is 149 Å². The second-order valence-corrected chi connectivity index (χ2v) is 26.1. The smallest absolute Gasteiger partial charge is 0.338 e. The van der Waals surface area contributed by atoms with Gasteiger partial charge in [-0.25, -0.2) is 17.8 Å². The number of rotatable bonds is 20. The topological polar surface area (TPSA) is 154 Å². The molecule has 5 aromatic carbocycles. The summed E-state index contributed by atoms with van der Waals surface area (Å²) < 4.78 is 68.2. The van der Waals surface area contributed by atoms with Crippen molar-refractivity contribution in [3.05, 3.63) is 138 Å². The molecule has 9 rings (SSSR count). The number of carbonyl (C=O) groups is 1. The zero-order chi connectivity index (χ0) is 52.9. The number of sulfone groups is 1. The van der Waals surface area contributed by atoms with Crippen LogP contribution < -0.4 is 25.1 Å². The Hall–Kier alpha value is -5.15. The minimum absolute atomic E-state index is 0.0146. The number of nitrogens with one attached hydrogen (secondary N) is 1. The lowest BCUT2D eigenvalue weighted by Gasteiger charge is -2.37. The maximum Gasteiger partial charge on any atom is 0.338 e. The summed E-state index contributed by atoms with van der Waals surface area (Å²) in [7, 11) is -7.77. The van der Waals surface area contributed by atoms with Crippen molar-refractivity contribution in [2.75, 3.05) is 97.4 Å². The molecule has 4 heterocycles. The van der Waals surface area contributed by atoms with E-state index in [1.807, 2.05) is 85.8 Å². The molecule has 3 fully saturated rings. The molecule has 0 amide bonds. The predicted molar refractivity (Wildman–Crippen MR) is 305 cm³/mol. The number of piperidine rings is 1. The van der Waals surface area contributed by atoms with Gasteiger partial charge in [0.1, 0.15) is 0 Å². The van der Waals surface area contributed by atoms with E-state index < -0.39 is 23.3 Å². The van der Waals surface area contributed by atoms with E-state index >= 15 is 4.57 Å². The summed E-state index contributed by atoms with van der Waals surface area (Å²) in [5, 5.41) is 15.1. The number of nitrogens with zero attached hydrogens (tertiary/aromatic N) is 5. The Bertz CT molecular complexity index is 3130. The number of hydrogen-bond acceptors (Lipinski definition) is 12. The molecule has 14 nitrogen and oxygen atoms in total. The largest absolute Gasteiger partial charge is 0.478 e. The van der Waals surface area contributed by atoms with Crippen LogP contribution in [0.4, 0.5) is 22.7 Å². The molecule has 0 aliphatic carbocycles. The first-order valence-corrected chi connectivity index (χ1v) is 31.1. The van der Waals surface area contributed by atoms with Crippen molar-refractivity contribution in [3.63, 3.8) is 0 Å². The van der Waals surface area contributed by atoms with Crippen LogP contribution in [-0.2, 0) is 28.0 Å². The van der Waals surface area contributed by atoms with Crippen molar-refractivity contribution in [1.82, 2.24) is 9.47 Å². The summed E-state index contributed by atoms with van der Waals surface area (Å²) in [4.78, 5) is 21.2. The quantitative estimate of drug-likeness (QED) is 0.0550. The van der Waals surface area contributed by atoms with Crippen LogP contribution in [0, 0.1) is 12.8 Å². The van der Waals surface area contributed by atoms with Gasteiger partial charge in [-0.1, -0.05) is 54.1 Å². The second-order valence-electron chi connectivity index (χ2n) is 19.8. The third-order valence-corrected chi connectivity index (χ3v) is 19.9. The molecule has 3 aliphatic rings. The zero-order valence-corrected chi connectivity index (χ0v) is 47.0. The van der Waals surface area contributed by atoms with E-state index in [0.29, 0.717) is 57.7 Å². The number of aromatic carboxylic acids is 1. The fourth-order valence-electron chi connectivity index (χ4n) is 10.7. The maximum atomic E-state index is 15.1. The van der Waals surface area contributed by atoms with Gasteiger partial charge in [0.2, 0.25) is 0 Å². The van der Waals surface area contributed by atoms with Crippen LogP contribution in [0.3, 0.4) is 0 Å². The van der Waals surface area contributed by atoms with Gasteiger partial charge >= 0.3 is 22.2 Å². The van der Waals surface area contributed by atoms with Crippen molar-refractivity contribution in [2.24, 2.45) is 5.92 Å². The number of anilines is 4. The van der Waals surface area contributed by atoms with Crippen LogP contribution in [0.1, 0.15) is 55.2 Å². The SMILES string of the molecule is Cc1c(C(=O)O)c(-c2cccc(N3CCN(c4ccc(N5CCOP5(=O)c5ccc(NC(CCN6CCC(COP=O)CC6)CSc6ccccc6)c(S(C)(=O)=O)c5)cc4)CC3)c2)c(-c2ccc(Cl)cc2)n1C(C)C. The van der Waals surface area contributed by atoms with Gasteiger partial charge in [-0.3, -0.25) is 13.8 Å². The number of carboxylic acid groups (broad SMARTS) is 1. The van der Waals surface area contributed by atoms with Crippen LogP contribution >= 0.6 is 39.6 Å². The monoisotopic (exact) mass is 1110 g/mol. The van der Waals surface area contributed by atoms with E-state index in [1.54, 1.807) is 28.6 Å². The number of hydrogen-bond donors (Lipinski definition) is 2. The van der Waals surface area contributed by atoms with Gasteiger partial charge in [0, 0.05) is 95.1 Å². The Morgan fingerprint density at radius 2 is 1.53 bits per heavy atom. The highest BCUT2D eigenvalue weighted by Crippen LogP contribution is 2.56. The molecule has 19 heteroatoms. The Morgan fingerprint density at radius 3 is 2.19 bits per heavy atom. The summed E-state index contributed by atoms with van der Waals surface area (Å²) in [6.45, 7) is 12.7. The molecule has 2 unspecified atom stereocenters. The van der Waals surface area contributed by atoms with E-state index in [-0.39, 0.29) is 32.3 Å². The third kappa shape index (κ3) is 12.5. The highest BCUT2D eigenvalue weighted by molar-refractivity contribution is 7.99. The number of aromatic nitrogens is 1. The van der Waals surface area contributed by atoms with Crippen molar-refractivity contribution in [3.8, 4) is 22.4 Å². The first-order chi connectivity index (χ1) is 36.1. The molecular weight excluding hydrogens is 1050 g/mol. The van der Waals surface area contributed by atoms with Crippen molar-refractivity contribution < 1.29 is 36.5 Å². The highest BCUT2D eigenvalue weighted by atomic mass is 35.5. The van der Waals surface area contributed by atoms with Crippen molar-refractivity contribution in [2.45, 2.75) is 61.9 Å². The van der Waals surface area contributed by atoms with E-state index in [4.69, 9.17) is 20.6 Å². The van der Waals surface area contributed by atoms with Gasteiger partial charge in [-0.15, -0.1) is 11.8 Å². The molecule has 0 spiro atoms. The first-order valence-electron chi connectivity index (χ1n) is 25.5. The van der Waals surface area contributed by atoms with Crippen molar-refractivity contribution in [1.29, 1.82) is 0 Å². The van der Waals surface area contributed by atoms with Crippen LogP contribution in [0.2, 0.25) is 5.02 Å². The third-order valence-electron chi connectivity index (χ3n) is 14.6. The lowest BCUT2D eigenvalue weighted by atomic mass is 9.96. The standard InChI is InChI=1S/C56H65ClN6O8P2S2/c1-39(2)63-40(3)53(56(64)65)54(55(63)42-13-15-44(57)16-14-42)43-9-8-10-48(35-43)61-31-29-60(30-32-61)46-17-19-47(20-18-46)62-33-34-71-73(62,67)49-21-22-51(52(36-49)75(4,68)69)58-45(38-74-50-11-6-5-7-12-50)25-28-59-26-23-41(24-27-59)37-70-72-66/h5-22,35-36,39,41,45,58H,23-34,37-38H2,1-4H3,(H,64,65). The summed E-state index contributed by atoms with van der Waals surface area (Å²) in [6, 6.07) is 38.8. The predicted octanol–water partition coefficient (Wildman–Crippen LogP) is 12.0. The average molecular weight is 1110 g/mol. The molecule has 75 heavy (non-hydrogen) atoms. The summed E-state index contributed by atoms with van der Waals surface area (Å²) in [5.74, 6) is 0.118. The number of likely N-dealkylation sites (tertiary alicyclic amines) is 1. The zero-order valence-electron chi connectivity index (χ0n) is 42.8. The Kier molecular flexibility index (Phi) is 17.5. The second kappa shape index (κ2) is 24.0. The number of thioether (sulfide) groups is 1. The van der Waals surface area contributed by atoms with E-state index in [1.165, 1.54) is 12.3 Å². The fraction of sp³-hybridized carbons (Fsp3) is 0.375. The average Bonchev–Trinajstić information content (AvgIpc) is 3.99. The fourth-order valence-corrected chi connectivity index (χ4v) is 15.3. The summed E-state index contributed by atoms with van der Waals surface area (Å²) >= 11 is 8.01. The number of carboxylic acids is 1. The molecular formula is C56H65ClN6O8P2S2. The molecule has 1 aromatic heterocycles. The van der Waals surface area contributed by atoms with E-state index in [2.05, 4.69) is 62.7 Å². The molecule has 396 valence electrons. The number of piperazine rings is 1. The van der Waals surface area contributed by atoms with Gasteiger partial charge < -0.3 is 34.2 Å². The van der Waals surface area contributed by atoms with Gasteiger partial charge in [-0.2, -0.15) is 0 Å². The molecule has 0 saturated carbocycles. The van der Waals surface area contributed by atoms with E-state index in [0.717, 1.165) is 104 Å². The number of benzene rings is 5. The van der Waals surface area contributed by atoms with Gasteiger partial charge in [0.05, 0.1) is 46.9 Å². The van der Waals surface area contributed by atoms with Crippen LogP contribution in [0.25, 0.3) is 22.4 Å². The summed E-state index contributed by atoms with van der Waals surface area (Å²) in [6.07, 6.45) is 3.90. The maximum absolute atomic E-state index is 15.1. The molecule has 6 aromatic rings. The molecule has 3 saturated heterocycles. The molecule has 0 radical (unpaired) electrons. The van der Waals surface area contributed by atoms with Crippen LogP contribution in [-0.4, -0.2) is 113 Å². The lowest BCUT2D eigenvalue weighted by molar-refractivity contribution is 0.0696. The minimum atomic E-state index is -3.78.